The SMILES string of the molecule is C=C(C)C(=O)OC(CCCCCC)C(OC(=O)C(=C)C)(OC(=O)C(=C)C)OC(=O)C(=C)C. The van der Waals surface area contributed by atoms with Crippen LogP contribution in [0, 0.1) is 0 Å². The molecule has 0 N–H and O–H groups in total. The van der Waals surface area contributed by atoms with Crippen molar-refractivity contribution in [2.24, 2.45) is 0 Å². The van der Waals surface area contributed by atoms with Crippen LogP contribution in [0.2, 0.25) is 0 Å². The number of hydrogen-bond acceptors (Lipinski definition) is 8. The zero-order chi connectivity index (χ0) is 25.1. The number of rotatable bonds is 14. The highest BCUT2D eigenvalue weighted by molar-refractivity contribution is 5.91. The third-order valence-electron chi connectivity index (χ3n) is 4.06. The predicted octanol–water partition coefficient (Wildman–Crippen LogP) is 4.46. The Balaban J connectivity index is 6.58. The predicted molar refractivity (Wildman–Crippen MR) is 119 cm³/mol. The van der Waals surface area contributed by atoms with E-state index in [0.29, 0.717) is 6.42 Å². The van der Waals surface area contributed by atoms with Crippen molar-refractivity contribution in [3.8, 4) is 0 Å². The molecule has 0 saturated heterocycles. The van der Waals surface area contributed by atoms with Gasteiger partial charge in [-0.25, -0.2) is 19.2 Å². The maximum absolute atomic E-state index is 12.5. The number of unbranched alkanes of at least 4 members (excludes halogenated alkanes) is 3. The molecule has 1 unspecified atom stereocenters. The van der Waals surface area contributed by atoms with E-state index in [-0.39, 0.29) is 28.7 Å². The van der Waals surface area contributed by atoms with Crippen LogP contribution in [-0.4, -0.2) is 36.0 Å². The second kappa shape index (κ2) is 13.3. The van der Waals surface area contributed by atoms with E-state index in [1.807, 2.05) is 6.92 Å². The minimum absolute atomic E-state index is 0.0427. The van der Waals surface area contributed by atoms with Gasteiger partial charge in [0.2, 0.25) is 6.10 Å². The summed E-state index contributed by atoms with van der Waals surface area (Å²) in [6, 6.07) is 0. The van der Waals surface area contributed by atoms with Crippen molar-refractivity contribution in [2.45, 2.75) is 78.8 Å². The summed E-state index contributed by atoms with van der Waals surface area (Å²) in [6.45, 7) is 21.5. The first-order valence-corrected chi connectivity index (χ1v) is 10.3. The van der Waals surface area contributed by atoms with Crippen LogP contribution >= 0.6 is 0 Å². The number of hydrogen-bond donors (Lipinski definition) is 0. The summed E-state index contributed by atoms with van der Waals surface area (Å²) < 4.78 is 21.4. The van der Waals surface area contributed by atoms with E-state index in [1.54, 1.807) is 0 Å². The molecule has 0 aromatic carbocycles. The van der Waals surface area contributed by atoms with Crippen LogP contribution in [0.25, 0.3) is 0 Å². The summed E-state index contributed by atoms with van der Waals surface area (Å²) in [6.07, 6.45) is 1.61. The Bertz CT molecular complexity index is 720. The van der Waals surface area contributed by atoms with Crippen LogP contribution < -0.4 is 0 Å². The largest absolute Gasteiger partial charge is 0.463 e. The van der Waals surface area contributed by atoms with E-state index in [4.69, 9.17) is 18.9 Å². The van der Waals surface area contributed by atoms with Crippen LogP contribution in [0.1, 0.15) is 66.7 Å². The molecule has 0 aliphatic heterocycles. The third kappa shape index (κ3) is 9.32. The maximum Gasteiger partial charge on any atom is 0.463 e. The molecule has 0 aromatic rings. The summed E-state index contributed by atoms with van der Waals surface area (Å²) >= 11 is 0. The average molecular weight is 451 g/mol. The fourth-order valence-electron chi connectivity index (χ4n) is 2.20. The van der Waals surface area contributed by atoms with E-state index in [0.717, 1.165) is 19.3 Å². The van der Waals surface area contributed by atoms with E-state index >= 15 is 0 Å². The van der Waals surface area contributed by atoms with Gasteiger partial charge in [0, 0.05) is 22.3 Å². The lowest BCUT2D eigenvalue weighted by molar-refractivity contribution is -0.361. The summed E-state index contributed by atoms with van der Waals surface area (Å²) in [5.74, 6) is -6.66. The van der Waals surface area contributed by atoms with Gasteiger partial charge in [0.15, 0.2) is 0 Å². The summed E-state index contributed by atoms with van der Waals surface area (Å²) in [7, 11) is 0. The number of ether oxygens (including phenoxy) is 4. The summed E-state index contributed by atoms with van der Waals surface area (Å²) in [4.78, 5) is 49.7. The van der Waals surface area contributed by atoms with Crippen LogP contribution in [0.3, 0.4) is 0 Å². The first-order valence-electron chi connectivity index (χ1n) is 10.3. The van der Waals surface area contributed by atoms with E-state index < -0.39 is 36.0 Å². The number of esters is 4. The molecule has 0 radical (unpaired) electrons. The second-order valence-corrected chi connectivity index (χ2v) is 7.64. The molecule has 0 amide bonds. The Morgan fingerprint density at radius 1 is 0.656 bits per heavy atom. The smallest absolute Gasteiger partial charge is 0.446 e. The van der Waals surface area contributed by atoms with Gasteiger partial charge in [0.25, 0.3) is 0 Å². The molecule has 8 heteroatoms. The minimum atomic E-state index is -2.72. The van der Waals surface area contributed by atoms with Gasteiger partial charge in [-0.05, 0) is 40.5 Å². The molecule has 32 heavy (non-hydrogen) atoms. The highest BCUT2D eigenvalue weighted by atomic mass is 16.9. The molecule has 0 heterocycles. The van der Waals surface area contributed by atoms with Gasteiger partial charge >= 0.3 is 29.9 Å². The maximum atomic E-state index is 12.5. The summed E-state index contributed by atoms with van der Waals surface area (Å²) in [5, 5.41) is 0. The molecular weight excluding hydrogens is 416 g/mol. The molecule has 0 spiro atoms. The summed E-state index contributed by atoms with van der Waals surface area (Å²) in [5.41, 5.74) is -0.157. The van der Waals surface area contributed by atoms with Crippen LogP contribution in [0.5, 0.6) is 0 Å². The van der Waals surface area contributed by atoms with Gasteiger partial charge in [-0.1, -0.05) is 52.5 Å². The highest BCUT2D eigenvalue weighted by Crippen LogP contribution is 2.31. The third-order valence-corrected chi connectivity index (χ3v) is 4.06. The first kappa shape index (κ1) is 28.8. The van der Waals surface area contributed by atoms with Crippen molar-refractivity contribution in [3.63, 3.8) is 0 Å². The molecule has 0 aliphatic carbocycles. The topological polar surface area (TPSA) is 105 Å². The molecule has 8 nitrogen and oxygen atoms in total. The minimum Gasteiger partial charge on any atom is -0.446 e. The standard InChI is InChI=1S/C24H34O8/c1-10-11-12-13-14-19(29-20(25)15(2)3)24(30-21(26)16(4)5,31-22(27)17(6)7)32-23(28)18(8)9/h19H,2,4,6,8,10-14H2,1,3,5,7,9H3. The van der Waals surface area contributed by atoms with Crippen molar-refractivity contribution in [1.29, 1.82) is 0 Å². The zero-order valence-corrected chi connectivity index (χ0v) is 19.7. The van der Waals surface area contributed by atoms with Crippen molar-refractivity contribution < 1.29 is 38.1 Å². The molecule has 0 aromatic heterocycles. The molecule has 0 fully saturated rings. The number of carbonyl (C=O) groups excluding carboxylic acids is 4. The van der Waals surface area contributed by atoms with E-state index in [9.17, 15) is 19.2 Å². The molecule has 0 aliphatic rings. The molecule has 0 rings (SSSR count). The second-order valence-electron chi connectivity index (χ2n) is 7.64. The van der Waals surface area contributed by atoms with Gasteiger partial charge in [-0.3, -0.25) is 0 Å². The average Bonchev–Trinajstić information content (AvgIpc) is 2.69. The Kier molecular flexibility index (Phi) is 12.0. The van der Waals surface area contributed by atoms with Gasteiger partial charge < -0.3 is 18.9 Å². The van der Waals surface area contributed by atoms with Crippen molar-refractivity contribution in [1.82, 2.24) is 0 Å². The molecule has 0 bridgehead atoms. The Hall–Kier alpha value is -3.16. The first-order chi connectivity index (χ1) is 14.8. The van der Waals surface area contributed by atoms with Gasteiger partial charge in [-0.2, -0.15) is 0 Å². The monoisotopic (exact) mass is 450 g/mol. The van der Waals surface area contributed by atoms with E-state index in [2.05, 4.69) is 26.3 Å². The van der Waals surface area contributed by atoms with Crippen LogP contribution in [0.4, 0.5) is 0 Å². The molecule has 178 valence electrons. The normalized spacial score (nSPS) is 11.5. The van der Waals surface area contributed by atoms with Crippen LogP contribution in [-0.2, 0) is 38.1 Å². The van der Waals surface area contributed by atoms with Crippen molar-refractivity contribution >= 4 is 23.9 Å². The lowest BCUT2D eigenvalue weighted by atomic mass is 10.1. The lowest BCUT2D eigenvalue weighted by Crippen LogP contribution is -2.55. The molecule has 0 saturated carbocycles. The highest BCUT2D eigenvalue weighted by Gasteiger charge is 2.54. The zero-order valence-electron chi connectivity index (χ0n) is 19.7. The fraction of sp³-hybridized carbons (Fsp3) is 0.500. The van der Waals surface area contributed by atoms with Crippen LogP contribution in [0.15, 0.2) is 48.6 Å². The van der Waals surface area contributed by atoms with Gasteiger partial charge in [0.05, 0.1) is 0 Å². The van der Waals surface area contributed by atoms with Gasteiger partial charge in [-0.15, -0.1) is 0 Å². The Labute approximate surface area is 189 Å². The van der Waals surface area contributed by atoms with Crippen molar-refractivity contribution in [3.05, 3.63) is 48.6 Å². The fourth-order valence-corrected chi connectivity index (χ4v) is 2.20. The van der Waals surface area contributed by atoms with Crippen molar-refractivity contribution in [2.75, 3.05) is 0 Å². The van der Waals surface area contributed by atoms with E-state index in [1.165, 1.54) is 27.7 Å². The quantitative estimate of drug-likeness (QED) is 0.165. The lowest BCUT2D eigenvalue weighted by Gasteiger charge is -2.36. The number of carbonyl (C=O) groups is 4. The molecular formula is C24H34O8. The molecule has 1 atom stereocenters. The van der Waals surface area contributed by atoms with Gasteiger partial charge in [0.1, 0.15) is 0 Å². The Morgan fingerprint density at radius 2 is 1.03 bits per heavy atom. The Morgan fingerprint density at radius 3 is 1.34 bits per heavy atom.